The van der Waals surface area contributed by atoms with Crippen LogP contribution in [0.1, 0.15) is 11.1 Å². The van der Waals surface area contributed by atoms with E-state index in [1.54, 1.807) is 0 Å². The lowest BCUT2D eigenvalue weighted by Gasteiger charge is -2.53. The summed E-state index contributed by atoms with van der Waals surface area (Å²) in [6.45, 7) is 3.99. The van der Waals surface area contributed by atoms with Crippen molar-refractivity contribution in [3.63, 3.8) is 0 Å². The van der Waals surface area contributed by atoms with Crippen LogP contribution in [0.25, 0.3) is 12.2 Å². The van der Waals surface area contributed by atoms with Gasteiger partial charge >= 0.3 is 88.5 Å². The Hall–Kier alpha value is -5.71. The molecule has 0 amide bonds. The quantitative estimate of drug-likeness (QED) is 0.149. The second-order valence-electron chi connectivity index (χ2n) is 21.0. The van der Waals surface area contributed by atoms with Crippen molar-refractivity contribution in [2.75, 3.05) is 6.23 Å². The van der Waals surface area contributed by atoms with E-state index in [4.69, 9.17) is 57.9 Å². The van der Waals surface area contributed by atoms with Crippen LogP contribution in [-0.4, -0.2) is 105 Å². The minimum atomic E-state index is -5.16. The van der Waals surface area contributed by atoms with Gasteiger partial charge in [-0.2, -0.15) is 0 Å². The molecule has 0 aromatic heterocycles. The van der Waals surface area contributed by atoms with Gasteiger partial charge in [0, 0.05) is 31.1 Å². The number of benzene rings is 9. The zero-order valence-corrected chi connectivity index (χ0v) is 59.7. The van der Waals surface area contributed by atoms with E-state index in [1.165, 1.54) is 0 Å². The van der Waals surface area contributed by atoms with Crippen LogP contribution in [0.2, 0.25) is 13.1 Å². The third-order valence-corrected chi connectivity index (χ3v) is 55.2. The first-order valence-corrected chi connectivity index (χ1v) is 47.6. The predicted octanol–water partition coefficient (Wildman–Crippen LogP) is 5.17. The summed E-state index contributed by atoms with van der Waals surface area (Å²) in [5.41, 5.74) is 5.86. The largest absolute Gasteiger partial charge is 0.521 e. The predicted molar refractivity (Wildman–Crippen MR) is 356 cm³/mol. The number of hydrogen-bond donors (Lipinski definition) is 0. The minimum absolute atomic E-state index is 0.118. The Labute approximate surface area is 516 Å². The molecule has 14 nitrogen and oxygen atoms in total. The van der Waals surface area contributed by atoms with Crippen LogP contribution in [0.5, 0.6) is 0 Å². The van der Waals surface area contributed by atoms with E-state index < -0.39 is 88.5 Å². The van der Waals surface area contributed by atoms with Gasteiger partial charge in [0.1, 0.15) is 10.5 Å². The smallest absolute Gasteiger partial charge is 0.422 e. The van der Waals surface area contributed by atoms with E-state index >= 15 is 0 Å². The van der Waals surface area contributed by atoms with Crippen molar-refractivity contribution < 1.29 is 57.9 Å². The summed E-state index contributed by atoms with van der Waals surface area (Å²) in [5, 5.41) is 4.21. The maximum Gasteiger partial charge on any atom is 0.521 e. The molecule has 4 heterocycles. The van der Waals surface area contributed by atoms with Crippen LogP contribution in [-0.2, 0) is 57.9 Å². The highest BCUT2D eigenvalue weighted by Gasteiger charge is 2.75. The van der Waals surface area contributed by atoms with E-state index in [9.17, 15) is 0 Å². The summed E-state index contributed by atoms with van der Waals surface area (Å²) >= 11 is 0. The van der Waals surface area contributed by atoms with Gasteiger partial charge in [0.05, 0.1) is 6.23 Å². The van der Waals surface area contributed by atoms with Crippen LogP contribution < -0.4 is 36.3 Å². The summed E-state index contributed by atoms with van der Waals surface area (Å²) in [7, 11) is -44.6. The third-order valence-electron chi connectivity index (χ3n) is 14.8. The number of hydrogen-bond acceptors (Lipinski definition) is 14. The first kappa shape index (κ1) is 59.3. The van der Waals surface area contributed by atoms with Gasteiger partial charge in [-0.25, -0.2) is 0 Å². The molecule has 4 aliphatic heterocycles. The van der Waals surface area contributed by atoms with E-state index in [0.29, 0.717) is 31.1 Å². The normalized spacial score (nSPS) is 31.4. The molecule has 0 aliphatic carbocycles. The SMILES string of the molecule is C[Si]1(/C=C/c2ccccc2)O[SiH]2CO[Si]3(c4ccccc4)O[SiH](c4ccccc4)O[Si]4(c5ccccc5)O[Si](C)(/C=C/c5ccccc5)O[Si](c5ccccc5)(O3)O[Si](c3ccccc3)(O2)O[Si](c2ccccc2)(O[Si](O[SiH3])(c2ccccc2)O1)O4. The molecule has 86 heavy (non-hydrogen) atoms. The molecule has 0 radical (unpaired) electrons. The van der Waals surface area contributed by atoms with Crippen LogP contribution in [0.15, 0.2) is 284 Å². The van der Waals surface area contributed by atoms with Crippen molar-refractivity contribution in [2.45, 2.75) is 13.1 Å². The van der Waals surface area contributed by atoms with Gasteiger partial charge in [-0.15, -0.1) is 0 Å². The molecular formula is C61H62O14Si11. The van der Waals surface area contributed by atoms with Crippen molar-refractivity contribution in [1.82, 2.24) is 0 Å². The van der Waals surface area contributed by atoms with Crippen LogP contribution in [0.4, 0.5) is 0 Å². The highest BCUT2D eigenvalue weighted by atomic mass is 28.6. The van der Waals surface area contributed by atoms with Crippen molar-refractivity contribution in [2.24, 2.45) is 0 Å². The molecule has 4 aliphatic rings. The fourth-order valence-corrected chi connectivity index (χ4v) is 61.2. The van der Waals surface area contributed by atoms with Crippen LogP contribution in [0, 0.1) is 0 Å². The van der Waals surface area contributed by atoms with Crippen molar-refractivity contribution in [1.29, 1.82) is 0 Å². The Balaban J connectivity index is 1.24. The van der Waals surface area contributed by atoms with E-state index in [1.807, 2.05) is 310 Å². The van der Waals surface area contributed by atoms with Crippen molar-refractivity contribution in [3.8, 4) is 0 Å². The number of rotatable bonds is 12. The fraction of sp³-hybridized carbons (Fsp3) is 0.0492. The van der Waals surface area contributed by atoms with E-state index in [0.717, 1.165) is 16.3 Å². The lowest BCUT2D eigenvalue weighted by Crippen LogP contribution is -2.85. The molecule has 434 valence electrons. The molecule has 0 N–H and O–H groups in total. The molecule has 9 aromatic carbocycles. The Bertz CT molecular complexity index is 3770. The third kappa shape index (κ3) is 12.3. The molecule has 9 aromatic rings. The molecule has 13 rings (SSSR count). The topological polar surface area (TPSA) is 129 Å². The lowest BCUT2D eigenvalue weighted by atomic mass is 10.2. The second kappa shape index (κ2) is 25.0. The Morgan fingerprint density at radius 1 is 0.337 bits per heavy atom. The zero-order chi connectivity index (χ0) is 58.6. The van der Waals surface area contributed by atoms with Crippen LogP contribution >= 0.6 is 0 Å². The van der Waals surface area contributed by atoms with Gasteiger partial charge in [-0.3, -0.25) is 0 Å². The average Bonchev–Trinajstić information content (AvgIpc) is 1.06. The van der Waals surface area contributed by atoms with E-state index in [-0.39, 0.29) is 16.7 Å². The summed E-state index contributed by atoms with van der Waals surface area (Å²) in [6.07, 6.45) is 3.87. The second-order valence-corrected chi connectivity index (χ2v) is 50.6. The van der Waals surface area contributed by atoms with Gasteiger partial charge in [-0.1, -0.05) is 285 Å². The van der Waals surface area contributed by atoms with Crippen molar-refractivity contribution in [3.05, 3.63) is 296 Å². The Morgan fingerprint density at radius 3 is 1.13 bits per heavy atom. The molecule has 0 spiro atoms. The highest BCUT2D eigenvalue weighted by Crippen LogP contribution is 2.41. The van der Waals surface area contributed by atoms with Gasteiger partial charge in [-0.05, 0) is 40.8 Å². The molecule has 25 heteroatoms. The van der Waals surface area contributed by atoms with Gasteiger partial charge in [0.15, 0.2) is 0 Å². The molecule has 4 saturated heterocycles. The summed E-state index contributed by atoms with van der Waals surface area (Å²) in [6, 6.07) is 88.7. The Morgan fingerprint density at radius 2 is 0.674 bits per heavy atom. The summed E-state index contributed by atoms with van der Waals surface area (Å²) in [5.74, 6) is 0. The molecule has 10 unspecified atom stereocenters. The Kier molecular flexibility index (Phi) is 17.3. The average molecular weight is 1330 g/mol. The minimum Gasteiger partial charge on any atom is -0.422 e. The van der Waals surface area contributed by atoms with Gasteiger partial charge in [0.25, 0.3) is 0 Å². The van der Waals surface area contributed by atoms with Crippen LogP contribution in [0.3, 0.4) is 0 Å². The van der Waals surface area contributed by atoms with Gasteiger partial charge in [0.2, 0.25) is 0 Å². The number of fused-ring (bicyclic) bond motifs is 6. The van der Waals surface area contributed by atoms with Gasteiger partial charge < -0.3 is 57.9 Å². The molecule has 6 bridgehead atoms. The first-order valence-electron chi connectivity index (χ1n) is 28.3. The maximum atomic E-state index is 8.58. The fourth-order valence-electron chi connectivity index (χ4n) is 10.7. The molecular weight excluding hydrogens is 1270 g/mol. The summed E-state index contributed by atoms with van der Waals surface area (Å²) in [4.78, 5) is 0. The van der Waals surface area contributed by atoms with Crippen molar-refractivity contribution >= 4 is 147 Å². The lowest BCUT2D eigenvalue weighted by molar-refractivity contribution is 0.0914. The highest BCUT2D eigenvalue weighted by molar-refractivity contribution is 7.07. The molecule has 4 fully saturated rings. The monoisotopic (exact) mass is 1330 g/mol. The zero-order valence-electron chi connectivity index (χ0n) is 47.4. The maximum absolute atomic E-state index is 8.58. The first-order chi connectivity index (χ1) is 42.0. The summed E-state index contributed by atoms with van der Waals surface area (Å²) < 4.78 is 114. The van der Waals surface area contributed by atoms with E-state index in [2.05, 4.69) is 0 Å². The standard InChI is InChI=1S/C61H62O14Si11/c1-79(50-48-53-30-12-3-13-31-53)64-77-52-62-81(56-36-18-6-19-37-56)66-78(55-34-16-5-17-35-55)67-84(59-42-24-9-25-43-59)69-80(2,51-49-54-32-14-4-15-33-54)70-85(71-81,60-44-26-10-27-45-60)73-83(65-77,58-40-22-8-23-41-58)74-86(75-84,61-46-28-11-29-47-61)72-82(63-76,68-79)57-38-20-7-21-39-57/h3-51,77-78H,52H2,1-2,76H3/b50-48+,51-49+. The molecule has 10 atom stereocenters. The molecule has 0 saturated carbocycles.